The average molecular weight is 399 g/mol. The van der Waals surface area contributed by atoms with Crippen LogP contribution in [0.4, 0.5) is 0 Å². The third kappa shape index (κ3) is 3.86. The molecule has 10 heteroatoms. The molecule has 29 heavy (non-hydrogen) atoms. The fraction of sp³-hybridized carbons (Fsp3) is 0.368. The second-order valence-corrected chi connectivity index (χ2v) is 6.38. The molecule has 0 saturated heterocycles. The lowest BCUT2D eigenvalue weighted by molar-refractivity contribution is -0.160. The Bertz CT molecular complexity index is 1100. The first kappa shape index (κ1) is 20.2. The van der Waals surface area contributed by atoms with E-state index in [2.05, 4.69) is 15.3 Å². The standard InChI is InChI=1S/C19H21N5O5/c1-5-28-18(26)15(19(27)29-6-2)23-10-20-16-14(17(23)25)21-22-24(16)13-8-11(3)7-12(4)9-13/h7-10,15H,5-6H2,1-4H3. The maximum absolute atomic E-state index is 13.0. The Kier molecular flexibility index (Phi) is 5.71. The zero-order chi connectivity index (χ0) is 21.1. The van der Waals surface area contributed by atoms with Gasteiger partial charge in [-0.3, -0.25) is 9.36 Å². The van der Waals surface area contributed by atoms with Crippen molar-refractivity contribution in [3.05, 3.63) is 46.0 Å². The maximum Gasteiger partial charge on any atom is 0.341 e. The largest absolute Gasteiger partial charge is 0.464 e. The molecule has 0 saturated carbocycles. The van der Waals surface area contributed by atoms with E-state index in [9.17, 15) is 14.4 Å². The van der Waals surface area contributed by atoms with Gasteiger partial charge >= 0.3 is 11.9 Å². The number of esters is 2. The normalized spacial score (nSPS) is 11.1. The lowest BCUT2D eigenvalue weighted by Gasteiger charge is -2.16. The fourth-order valence-electron chi connectivity index (χ4n) is 3.02. The number of aromatic nitrogens is 5. The summed E-state index contributed by atoms with van der Waals surface area (Å²) in [5.41, 5.74) is 2.16. The van der Waals surface area contributed by atoms with Gasteiger partial charge in [0.1, 0.15) is 6.33 Å². The van der Waals surface area contributed by atoms with Crippen LogP contribution in [0, 0.1) is 13.8 Å². The van der Waals surface area contributed by atoms with Gasteiger partial charge < -0.3 is 9.47 Å². The highest BCUT2D eigenvalue weighted by molar-refractivity contribution is 5.97. The SMILES string of the molecule is CCOC(=O)C(C(=O)OCC)n1cnc2c(nnn2-c2cc(C)cc(C)c2)c1=O. The molecule has 0 spiro atoms. The number of carbonyl (C=O) groups is 2. The van der Waals surface area contributed by atoms with Crippen LogP contribution in [0.25, 0.3) is 16.9 Å². The van der Waals surface area contributed by atoms with E-state index in [1.165, 1.54) is 4.68 Å². The van der Waals surface area contributed by atoms with Crippen LogP contribution in [0.15, 0.2) is 29.3 Å². The molecule has 2 aromatic heterocycles. The predicted octanol–water partition coefficient (Wildman–Crippen LogP) is 1.26. The van der Waals surface area contributed by atoms with Gasteiger partial charge in [0.05, 0.1) is 18.9 Å². The Labute approximate surface area is 166 Å². The van der Waals surface area contributed by atoms with E-state index in [0.29, 0.717) is 5.69 Å². The van der Waals surface area contributed by atoms with E-state index in [-0.39, 0.29) is 24.4 Å². The minimum atomic E-state index is -1.61. The predicted molar refractivity (Wildman–Crippen MR) is 103 cm³/mol. The average Bonchev–Trinajstić information content (AvgIpc) is 3.08. The van der Waals surface area contributed by atoms with Gasteiger partial charge in [0.25, 0.3) is 5.56 Å². The summed E-state index contributed by atoms with van der Waals surface area (Å²) in [7, 11) is 0. The van der Waals surface area contributed by atoms with Crippen molar-refractivity contribution in [2.75, 3.05) is 13.2 Å². The van der Waals surface area contributed by atoms with Crippen LogP contribution < -0.4 is 5.56 Å². The van der Waals surface area contributed by atoms with Gasteiger partial charge in [0.2, 0.25) is 6.04 Å². The van der Waals surface area contributed by atoms with Crippen LogP contribution in [-0.2, 0) is 19.1 Å². The van der Waals surface area contributed by atoms with E-state index in [4.69, 9.17) is 9.47 Å². The second kappa shape index (κ2) is 8.21. The number of benzene rings is 1. The van der Waals surface area contributed by atoms with Gasteiger partial charge in [-0.25, -0.2) is 14.6 Å². The summed E-state index contributed by atoms with van der Waals surface area (Å²) in [5, 5.41) is 7.95. The minimum Gasteiger partial charge on any atom is -0.464 e. The van der Waals surface area contributed by atoms with E-state index in [1.807, 2.05) is 32.0 Å². The smallest absolute Gasteiger partial charge is 0.341 e. The van der Waals surface area contributed by atoms with E-state index < -0.39 is 23.5 Å². The first-order valence-corrected chi connectivity index (χ1v) is 9.11. The molecule has 0 aliphatic heterocycles. The summed E-state index contributed by atoms with van der Waals surface area (Å²) in [5.74, 6) is -1.81. The molecule has 0 aliphatic rings. The first-order valence-electron chi connectivity index (χ1n) is 9.11. The molecule has 152 valence electrons. The fourth-order valence-corrected chi connectivity index (χ4v) is 3.02. The Hall–Kier alpha value is -3.56. The van der Waals surface area contributed by atoms with Crippen LogP contribution in [0.5, 0.6) is 0 Å². The lowest BCUT2D eigenvalue weighted by Crippen LogP contribution is -2.37. The molecule has 0 unspecified atom stereocenters. The Morgan fingerprint density at radius 1 is 1.03 bits per heavy atom. The molecule has 0 amide bonds. The van der Waals surface area contributed by atoms with E-state index >= 15 is 0 Å². The molecule has 1 aromatic carbocycles. The lowest BCUT2D eigenvalue weighted by atomic mass is 10.1. The van der Waals surface area contributed by atoms with Crippen molar-refractivity contribution in [1.29, 1.82) is 0 Å². The number of ether oxygens (including phenoxy) is 2. The molecule has 0 atom stereocenters. The third-order valence-corrected chi connectivity index (χ3v) is 4.14. The minimum absolute atomic E-state index is 0.0437. The highest BCUT2D eigenvalue weighted by Gasteiger charge is 2.33. The molecule has 10 nitrogen and oxygen atoms in total. The number of nitrogens with zero attached hydrogens (tertiary/aromatic N) is 5. The van der Waals surface area contributed by atoms with Gasteiger partial charge in [-0.15, -0.1) is 5.10 Å². The molecule has 3 rings (SSSR count). The Morgan fingerprint density at radius 3 is 2.17 bits per heavy atom. The molecule has 0 N–H and O–H groups in total. The van der Waals surface area contributed by atoms with Gasteiger partial charge in [0, 0.05) is 0 Å². The Balaban J connectivity index is 2.14. The molecule has 0 aliphatic carbocycles. The van der Waals surface area contributed by atoms with Crippen molar-refractivity contribution in [1.82, 2.24) is 24.5 Å². The van der Waals surface area contributed by atoms with Gasteiger partial charge in [0.15, 0.2) is 11.2 Å². The third-order valence-electron chi connectivity index (χ3n) is 4.14. The Morgan fingerprint density at radius 2 is 1.62 bits per heavy atom. The van der Waals surface area contributed by atoms with Crippen LogP contribution in [0.2, 0.25) is 0 Å². The molecular weight excluding hydrogens is 378 g/mol. The topological polar surface area (TPSA) is 118 Å². The van der Waals surface area contributed by atoms with E-state index in [0.717, 1.165) is 22.0 Å². The number of rotatable bonds is 6. The summed E-state index contributed by atoms with van der Waals surface area (Å²) < 4.78 is 12.1. The number of aryl methyl sites for hydroxylation is 2. The molecule has 0 fully saturated rings. The van der Waals surface area contributed by atoms with Gasteiger partial charge in [-0.2, -0.15) is 4.68 Å². The van der Waals surface area contributed by atoms with Crippen molar-refractivity contribution in [2.45, 2.75) is 33.7 Å². The highest BCUT2D eigenvalue weighted by Crippen LogP contribution is 2.17. The van der Waals surface area contributed by atoms with Crippen LogP contribution >= 0.6 is 0 Å². The summed E-state index contributed by atoms with van der Waals surface area (Å²) in [6.45, 7) is 7.17. The van der Waals surface area contributed by atoms with Crippen LogP contribution in [0.1, 0.15) is 31.0 Å². The van der Waals surface area contributed by atoms with Crippen molar-refractivity contribution >= 4 is 23.1 Å². The number of carbonyl (C=O) groups excluding carboxylic acids is 2. The second-order valence-electron chi connectivity index (χ2n) is 6.38. The first-order chi connectivity index (χ1) is 13.9. The molecule has 0 bridgehead atoms. The summed E-state index contributed by atoms with van der Waals surface area (Å²) in [4.78, 5) is 41.8. The van der Waals surface area contributed by atoms with Gasteiger partial charge in [-0.05, 0) is 51.0 Å². The number of fused-ring (bicyclic) bond motifs is 1. The van der Waals surface area contributed by atoms with Gasteiger partial charge in [-0.1, -0.05) is 11.3 Å². The van der Waals surface area contributed by atoms with Crippen LogP contribution in [0.3, 0.4) is 0 Å². The zero-order valence-corrected chi connectivity index (χ0v) is 16.6. The number of hydrogen-bond donors (Lipinski definition) is 0. The molecular formula is C19H21N5O5. The molecule has 2 heterocycles. The summed E-state index contributed by atoms with van der Waals surface area (Å²) in [6.07, 6.45) is 1.10. The zero-order valence-electron chi connectivity index (χ0n) is 16.6. The van der Waals surface area contributed by atoms with Crippen molar-refractivity contribution in [3.63, 3.8) is 0 Å². The molecule has 0 radical (unpaired) electrons. The quantitative estimate of drug-likeness (QED) is 0.449. The van der Waals surface area contributed by atoms with E-state index in [1.54, 1.807) is 13.8 Å². The monoisotopic (exact) mass is 399 g/mol. The maximum atomic E-state index is 13.0. The molecule has 3 aromatic rings. The summed E-state index contributed by atoms with van der Waals surface area (Å²) in [6, 6.07) is 4.17. The number of hydrogen-bond acceptors (Lipinski definition) is 8. The highest BCUT2D eigenvalue weighted by atomic mass is 16.6. The summed E-state index contributed by atoms with van der Waals surface area (Å²) >= 11 is 0. The van der Waals surface area contributed by atoms with Crippen molar-refractivity contribution in [3.8, 4) is 5.69 Å². The van der Waals surface area contributed by atoms with Crippen LogP contribution in [-0.4, -0.2) is 49.7 Å². The van der Waals surface area contributed by atoms with Crippen molar-refractivity contribution in [2.24, 2.45) is 0 Å². The van der Waals surface area contributed by atoms with Crippen molar-refractivity contribution < 1.29 is 19.1 Å².